The van der Waals surface area contributed by atoms with Crippen molar-refractivity contribution in [3.05, 3.63) is 12.7 Å². The summed E-state index contributed by atoms with van der Waals surface area (Å²) in [7, 11) is 1.06. The predicted octanol–water partition coefficient (Wildman–Crippen LogP) is 1.35. The largest absolute Gasteiger partial charge is 0.481 e. The Kier molecular flexibility index (Phi) is 6.06. The van der Waals surface area contributed by atoms with Crippen molar-refractivity contribution in [2.45, 2.75) is 18.9 Å². The zero-order valence-electron chi connectivity index (χ0n) is 8.73. The lowest BCUT2D eigenvalue weighted by atomic mass is 10.2. The Morgan fingerprint density at radius 1 is 1.56 bits per heavy atom. The van der Waals surface area contributed by atoms with Crippen molar-refractivity contribution in [2.75, 3.05) is 13.7 Å². The highest BCUT2D eigenvalue weighted by Gasteiger charge is 2.31. The third kappa shape index (κ3) is 4.72. The molecular weight excluding hydrogens is 224 g/mol. The van der Waals surface area contributed by atoms with Gasteiger partial charge in [-0.05, 0) is 0 Å². The molecule has 0 aliphatic rings. The van der Waals surface area contributed by atoms with Crippen molar-refractivity contribution >= 4 is 12.1 Å². The van der Waals surface area contributed by atoms with Crippen LogP contribution in [0.2, 0.25) is 0 Å². The molecule has 0 fully saturated rings. The van der Waals surface area contributed by atoms with E-state index in [2.05, 4.69) is 11.3 Å². The van der Waals surface area contributed by atoms with Gasteiger partial charge in [0, 0.05) is 7.05 Å². The first-order valence-corrected chi connectivity index (χ1v) is 4.40. The lowest BCUT2D eigenvalue weighted by Crippen LogP contribution is -2.43. The fourth-order valence-corrected chi connectivity index (χ4v) is 0.941. The Balaban J connectivity index is 4.47. The number of hydrogen-bond donors (Lipinski definition) is 1. The fraction of sp³-hybridized carbons (Fsp3) is 0.556. The van der Waals surface area contributed by atoms with Crippen molar-refractivity contribution < 1.29 is 28.2 Å². The number of halogens is 2. The number of carboxylic acid groups (broad SMARTS) is 1. The number of carbonyl (C=O) groups excluding carboxylic acids is 1. The van der Waals surface area contributed by atoms with E-state index in [-0.39, 0.29) is 6.61 Å². The molecule has 0 aromatic heterocycles. The molecule has 0 saturated heterocycles. The number of alkyl halides is 2. The van der Waals surface area contributed by atoms with Gasteiger partial charge in [-0.15, -0.1) is 0 Å². The Morgan fingerprint density at radius 3 is 2.50 bits per heavy atom. The van der Waals surface area contributed by atoms with E-state index in [1.807, 2.05) is 0 Å². The maximum atomic E-state index is 12.5. The smallest absolute Gasteiger partial charge is 0.410 e. The quantitative estimate of drug-likeness (QED) is 0.708. The van der Waals surface area contributed by atoms with Gasteiger partial charge in [-0.1, -0.05) is 12.7 Å². The summed E-state index contributed by atoms with van der Waals surface area (Å²) in [6, 6.07) is -1.70. The van der Waals surface area contributed by atoms with E-state index in [9.17, 15) is 18.4 Å². The highest BCUT2D eigenvalue weighted by atomic mass is 19.3. The summed E-state index contributed by atoms with van der Waals surface area (Å²) in [6.45, 7) is 3.16. The first-order chi connectivity index (χ1) is 7.40. The van der Waals surface area contributed by atoms with E-state index in [1.54, 1.807) is 0 Å². The van der Waals surface area contributed by atoms with Crippen molar-refractivity contribution in [1.82, 2.24) is 4.90 Å². The Labute approximate surface area is 91.3 Å². The van der Waals surface area contributed by atoms with E-state index in [0.29, 0.717) is 4.90 Å². The number of carboxylic acids is 1. The van der Waals surface area contributed by atoms with E-state index >= 15 is 0 Å². The molecule has 0 aromatic rings. The number of nitrogens with zero attached hydrogens (tertiary/aromatic N) is 1. The Morgan fingerprint density at radius 2 is 2.12 bits per heavy atom. The van der Waals surface area contributed by atoms with Gasteiger partial charge in [0.2, 0.25) is 0 Å². The predicted molar refractivity (Wildman–Crippen MR) is 51.4 cm³/mol. The molecule has 1 unspecified atom stereocenters. The molecule has 0 aliphatic heterocycles. The van der Waals surface area contributed by atoms with Crippen LogP contribution in [-0.4, -0.2) is 48.2 Å². The third-order valence-corrected chi connectivity index (χ3v) is 1.78. The number of amides is 1. The van der Waals surface area contributed by atoms with Crippen molar-refractivity contribution in [3.63, 3.8) is 0 Å². The number of hydrogen-bond acceptors (Lipinski definition) is 3. The summed E-state index contributed by atoms with van der Waals surface area (Å²) in [6.07, 6.45) is -3.51. The number of rotatable bonds is 6. The summed E-state index contributed by atoms with van der Waals surface area (Å²) in [5.74, 6) is -1.41. The van der Waals surface area contributed by atoms with E-state index in [0.717, 1.165) is 7.05 Å². The van der Waals surface area contributed by atoms with Crippen molar-refractivity contribution in [3.8, 4) is 0 Å². The SMILES string of the molecule is C=CCOC(=O)N(C)C(CC(=O)O)C(F)F. The molecule has 1 atom stereocenters. The van der Waals surface area contributed by atoms with Crippen LogP contribution in [0.4, 0.5) is 13.6 Å². The number of ether oxygens (including phenoxy) is 1. The molecule has 0 aliphatic carbocycles. The topological polar surface area (TPSA) is 66.8 Å². The van der Waals surface area contributed by atoms with Crippen LogP contribution in [-0.2, 0) is 9.53 Å². The molecule has 7 heteroatoms. The van der Waals surface area contributed by atoms with Crippen LogP contribution < -0.4 is 0 Å². The molecule has 0 radical (unpaired) electrons. The normalized spacial score (nSPS) is 12.0. The molecule has 16 heavy (non-hydrogen) atoms. The molecule has 0 rings (SSSR count). The Bertz CT molecular complexity index is 270. The Hall–Kier alpha value is -1.66. The van der Waals surface area contributed by atoms with Crippen LogP contribution in [0.5, 0.6) is 0 Å². The number of carbonyl (C=O) groups is 2. The average Bonchev–Trinajstić information content (AvgIpc) is 2.20. The average molecular weight is 237 g/mol. The van der Waals surface area contributed by atoms with Crippen molar-refractivity contribution in [1.29, 1.82) is 0 Å². The van der Waals surface area contributed by atoms with Crippen LogP contribution in [0.15, 0.2) is 12.7 Å². The molecule has 1 N–H and O–H groups in total. The van der Waals surface area contributed by atoms with E-state index in [4.69, 9.17) is 5.11 Å². The summed E-state index contributed by atoms with van der Waals surface area (Å²) in [5, 5.41) is 8.41. The van der Waals surface area contributed by atoms with Gasteiger partial charge in [0.05, 0.1) is 6.42 Å². The highest BCUT2D eigenvalue weighted by Crippen LogP contribution is 2.13. The second kappa shape index (κ2) is 6.76. The first-order valence-electron chi connectivity index (χ1n) is 4.40. The summed E-state index contributed by atoms with van der Waals surface area (Å²) < 4.78 is 29.4. The molecule has 0 heterocycles. The van der Waals surface area contributed by atoms with E-state index < -0.39 is 31.0 Å². The molecule has 1 amide bonds. The van der Waals surface area contributed by atoms with E-state index in [1.165, 1.54) is 6.08 Å². The van der Waals surface area contributed by atoms with Crippen LogP contribution in [0.3, 0.4) is 0 Å². The first kappa shape index (κ1) is 14.3. The van der Waals surface area contributed by atoms with Crippen LogP contribution >= 0.6 is 0 Å². The lowest BCUT2D eigenvalue weighted by molar-refractivity contribution is -0.139. The van der Waals surface area contributed by atoms with Gasteiger partial charge in [-0.25, -0.2) is 13.6 Å². The molecular formula is C9H13F2NO4. The maximum absolute atomic E-state index is 12.5. The monoisotopic (exact) mass is 237 g/mol. The van der Waals surface area contributed by atoms with Gasteiger partial charge in [0.15, 0.2) is 0 Å². The zero-order valence-corrected chi connectivity index (χ0v) is 8.73. The van der Waals surface area contributed by atoms with Gasteiger partial charge in [0.1, 0.15) is 12.6 Å². The molecule has 0 aromatic carbocycles. The van der Waals surface area contributed by atoms with Crippen LogP contribution in [0.25, 0.3) is 0 Å². The third-order valence-electron chi connectivity index (χ3n) is 1.78. The molecule has 92 valence electrons. The van der Waals surface area contributed by atoms with Gasteiger partial charge >= 0.3 is 12.1 Å². The fourth-order valence-electron chi connectivity index (χ4n) is 0.941. The maximum Gasteiger partial charge on any atom is 0.410 e. The summed E-state index contributed by atoms with van der Waals surface area (Å²) >= 11 is 0. The number of aliphatic carboxylic acids is 1. The second-order valence-corrected chi connectivity index (χ2v) is 2.98. The molecule has 5 nitrogen and oxygen atoms in total. The summed E-state index contributed by atoms with van der Waals surface area (Å²) in [5.41, 5.74) is 0. The van der Waals surface area contributed by atoms with Crippen LogP contribution in [0.1, 0.15) is 6.42 Å². The highest BCUT2D eigenvalue weighted by molar-refractivity contribution is 5.71. The summed E-state index contributed by atoms with van der Waals surface area (Å²) in [4.78, 5) is 22.1. The minimum atomic E-state index is -2.95. The zero-order chi connectivity index (χ0) is 12.7. The van der Waals surface area contributed by atoms with Gasteiger partial charge in [0.25, 0.3) is 6.43 Å². The molecule has 0 bridgehead atoms. The molecule has 0 spiro atoms. The van der Waals surface area contributed by atoms with Crippen LogP contribution in [0, 0.1) is 0 Å². The van der Waals surface area contributed by atoms with Gasteiger partial charge < -0.3 is 14.7 Å². The van der Waals surface area contributed by atoms with Gasteiger partial charge in [-0.2, -0.15) is 0 Å². The lowest BCUT2D eigenvalue weighted by Gasteiger charge is -2.25. The second-order valence-electron chi connectivity index (χ2n) is 2.98. The molecule has 0 saturated carbocycles. The van der Waals surface area contributed by atoms with Crippen molar-refractivity contribution in [2.24, 2.45) is 0 Å². The minimum Gasteiger partial charge on any atom is -0.481 e. The minimum absolute atomic E-state index is 0.119. The standard InChI is InChI=1S/C9H13F2NO4/c1-3-4-16-9(15)12(2)6(8(10)11)5-7(13)14/h3,6,8H,1,4-5H2,2H3,(H,13,14). The van der Waals surface area contributed by atoms with Gasteiger partial charge in [-0.3, -0.25) is 4.79 Å².